The summed E-state index contributed by atoms with van der Waals surface area (Å²) in [5.74, 6) is 0. The fourth-order valence-corrected chi connectivity index (χ4v) is 1.57. The number of rotatable bonds is 3. The summed E-state index contributed by atoms with van der Waals surface area (Å²) in [5, 5.41) is 5.99. The predicted molar refractivity (Wildman–Crippen MR) is 62.7 cm³/mol. The van der Waals surface area contributed by atoms with Crippen molar-refractivity contribution in [1.82, 2.24) is 0 Å². The van der Waals surface area contributed by atoms with E-state index in [-0.39, 0.29) is 0 Å². The van der Waals surface area contributed by atoms with Crippen molar-refractivity contribution < 1.29 is 0 Å². The van der Waals surface area contributed by atoms with Crippen LogP contribution in [0.3, 0.4) is 0 Å². The van der Waals surface area contributed by atoms with Crippen molar-refractivity contribution in [2.24, 2.45) is 0 Å². The summed E-state index contributed by atoms with van der Waals surface area (Å²) in [5.41, 5.74) is 1.21. The first-order valence-corrected chi connectivity index (χ1v) is 5.13. The van der Waals surface area contributed by atoms with Crippen LogP contribution in [0.25, 0.3) is 10.8 Å². The molecule has 0 atom stereocenters. The van der Waals surface area contributed by atoms with Crippen LogP contribution in [0.15, 0.2) is 42.5 Å². The van der Waals surface area contributed by atoms with E-state index in [1.807, 2.05) is 0 Å². The molecule has 72 valence electrons. The summed E-state index contributed by atoms with van der Waals surface area (Å²) in [4.78, 5) is 0. The molecule has 0 aliphatic carbocycles. The fourth-order valence-electron chi connectivity index (χ4n) is 1.57. The third-order valence-corrected chi connectivity index (χ3v) is 2.33. The van der Waals surface area contributed by atoms with Gasteiger partial charge in [-0.1, -0.05) is 37.3 Å². The summed E-state index contributed by atoms with van der Waals surface area (Å²) in [6.45, 7) is 3.21. The zero-order valence-electron chi connectivity index (χ0n) is 8.46. The second-order valence-corrected chi connectivity index (χ2v) is 3.49. The van der Waals surface area contributed by atoms with Gasteiger partial charge in [0.05, 0.1) is 0 Å². The predicted octanol–water partition coefficient (Wildman–Crippen LogP) is 3.66. The lowest BCUT2D eigenvalue weighted by atomic mass is 10.1. The quantitative estimate of drug-likeness (QED) is 0.769. The van der Waals surface area contributed by atoms with Gasteiger partial charge in [0, 0.05) is 12.2 Å². The average molecular weight is 185 g/mol. The van der Waals surface area contributed by atoms with Gasteiger partial charge in [-0.05, 0) is 29.3 Å². The van der Waals surface area contributed by atoms with Crippen LogP contribution in [0.1, 0.15) is 13.3 Å². The van der Waals surface area contributed by atoms with Crippen molar-refractivity contribution in [2.75, 3.05) is 11.9 Å². The van der Waals surface area contributed by atoms with Crippen LogP contribution in [-0.2, 0) is 0 Å². The molecule has 0 bridgehead atoms. The molecule has 0 spiro atoms. The zero-order valence-corrected chi connectivity index (χ0v) is 8.46. The largest absolute Gasteiger partial charge is 0.385 e. The van der Waals surface area contributed by atoms with Crippen LogP contribution in [0.4, 0.5) is 5.69 Å². The van der Waals surface area contributed by atoms with Gasteiger partial charge in [-0.2, -0.15) is 0 Å². The second-order valence-electron chi connectivity index (χ2n) is 3.49. The molecular weight excluding hydrogens is 170 g/mol. The highest BCUT2D eigenvalue weighted by Gasteiger charge is 1.93. The van der Waals surface area contributed by atoms with E-state index in [1.165, 1.54) is 16.5 Å². The van der Waals surface area contributed by atoms with Crippen molar-refractivity contribution >= 4 is 16.5 Å². The van der Waals surface area contributed by atoms with E-state index in [9.17, 15) is 0 Å². The third-order valence-electron chi connectivity index (χ3n) is 2.33. The van der Waals surface area contributed by atoms with E-state index in [2.05, 4.69) is 54.7 Å². The van der Waals surface area contributed by atoms with Crippen molar-refractivity contribution in [1.29, 1.82) is 0 Å². The molecule has 2 rings (SSSR count). The van der Waals surface area contributed by atoms with Gasteiger partial charge in [0.15, 0.2) is 0 Å². The molecule has 0 amide bonds. The first-order valence-electron chi connectivity index (χ1n) is 5.13. The molecule has 1 heteroatoms. The maximum absolute atomic E-state index is 3.39. The Hall–Kier alpha value is -1.50. The number of hydrogen-bond donors (Lipinski definition) is 1. The molecule has 0 aliphatic rings. The minimum absolute atomic E-state index is 1.04. The van der Waals surface area contributed by atoms with Crippen LogP contribution in [-0.4, -0.2) is 6.54 Å². The molecular formula is C13H15N. The highest BCUT2D eigenvalue weighted by molar-refractivity contribution is 5.85. The Morgan fingerprint density at radius 3 is 2.57 bits per heavy atom. The van der Waals surface area contributed by atoms with E-state index in [0.29, 0.717) is 0 Å². The monoisotopic (exact) mass is 185 g/mol. The molecule has 0 saturated heterocycles. The first kappa shape index (κ1) is 9.07. The second kappa shape index (κ2) is 4.14. The number of benzene rings is 2. The molecule has 2 aromatic rings. The first-order chi connectivity index (χ1) is 6.90. The van der Waals surface area contributed by atoms with E-state index in [1.54, 1.807) is 0 Å². The Morgan fingerprint density at radius 1 is 1.00 bits per heavy atom. The Bertz CT molecular complexity index is 420. The third kappa shape index (κ3) is 1.87. The van der Waals surface area contributed by atoms with Crippen LogP contribution < -0.4 is 5.32 Å². The van der Waals surface area contributed by atoms with Gasteiger partial charge < -0.3 is 5.32 Å². The van der Waals surface area contributed by atoms with Gasteiger partial charge in [0.1, 0.15) is 0 Å². The normalized spacial score (nSPS) is 10.4. The summed E-state index contributed by atoms with van der Waals surface area (Å²) >= 11 is 0. The standard InChI is InChI=1S/C13H15N/c1-2-9-14-13-8-7-11-5-3-4-6-12(11)10-13/h3-8,10,14H,2,9H2,1H3. The summed E-state index contributed by atoms with van der Waals surface area (Å²) in [6.07, 6.45) is 1.16. The van der Waals surface area contributed by atoms with Gasteiger partial charge in [-0.15, -0.1) is 0 Å². The Kier molecular flexibility index (Phi) is 2.68. The summed E-state index contributed by atoms with van der Waals surface area (Å²) in [6, 6.07) is 14.9. The van der Waals surface area contributed by atoms with Gasteiger partial charge in [-0.3, -0.25) is 0 Å². The maximum Gasteiger partial charge on any atom is 0.0346 e. The average Bonchev–Trinajstić information content (AvgIpc) is 2.26. The molecule has 0 heterocycles. The molecule has 0 aliphatic heterocycles. The van der Waals surface area contributed by atoms with Crippen LogP contribution in [0.5, 0.6) is 0 Å². The van der Waals surface area contributed by atoms with Gasteiger partial charge in [0.2, 0.25) is 0 Å². The lowest BCUT2D eigenvalue weighted by molar-refractivity contribution is 0.980. The van der Waals surface area contributed by atoms with Crippen LogP contribution in [0.2, 0.25) is 0 Å². The number of fused-ring (bicyclic) bond motifs is 1. The topological polar surface area (TPSA) is 12.0 Å². The highest BCUT2D eigenvalue weighted by Crippen LogP contribution is 2.18. The molecule has 2 aromatic carbocycles. The van der Waals surface area contributed by atoms with Gasteiger partial charge >= 0.3 is 0 Å². The molecule has 0 saturated carbocycles. The summed E-state index contributed by atoms with van der Waals surface area (Å²) in [7, 11) is 0. The smallest absolute Gasteiger partial charge is 0.0346 e. The van der Waals surface area contributed by atoms with E-state index in [4.69, 9.17) is 0 Å². The van der Waals surface area contributed by atoms with E-state index in [0.717, 1.165) is 13.0 Å². The molecule has 14 heavy (non-hydrogen) atoms. The zero-order chi connectivity index (χ0) is 9.80. The van der Waals surface area contributed by atoms with E-state index >= 15 is 0 Å². The Labute approximate surface area is 84.8 Å². The van der Waals surface area contributed by atoms with Crippen LogP contribution in [0, 0.1) is 0 Å². The lowest BCUT2D eigenvalue weighted by Gasteiger charge is -2.05. The van der Waals surface area contributed by atoms with E-state index < -0.39 is 0 Å². The fraction of sp³-hybridized carbons (Fsp3) is 0.231. The molecule has 1 nitrogen and oxygen atoms in total. The molecule has 0 radical (unpaired) electrons. The van der Waals surface area contributed by atoms with Crippen molar-refractivity contribution in [2.45, 2.75) is 13.3 Å². The lowest BCUT2D eigenvalue weighted by Crippen LogP contribution is -1.98. The molecule has 0 aromatic heterocycles. The number of hydrogen-bond acceptors (Lipinski definition) is 1. The minimum atomic E-state index is 1.04. The molecule has 0 unspecified atom stereocenters. The number of anilines is 1. The van der Waals surface area contributed by atoms with Gasteiger partial charge in [0.25, 0.3) is 0 Å². The highest BCUT2D eigenvalue weighted by atomic mass is 14.9. The van der Waals surface area contributed by atoms with Crippen molar-refractivity contribution in [3.8, 4) is 0 Å². The number of nitrogens with one attached hydrogen (secondary N) is 1. The SMILES string of the molecule is CCCNc1ccc2ccccc2c1. The van der Waals surface area contributed by atoms with Crippen molar-refractivity contribution in [3.05, 3.63) is 42.5 Å². The van der Waals surface area contributed by atoms with Crippen LogP contribution >= 0.6 is 0 Å². The van der Waals surface area contributed by atoms with Gasteiger partial charge in [-0.25, -0.2) is 0 Å². The van der Waals surface area contributed by atoms with Crippen molar-refractivity contribution in [3.63, 3.8) is 0 Å². The minimum Gasteiger partial charge on any atom is -0.385 e. The summed E-state index contributed by atoms with van der Waals surface area (Å²) < 4.78 is 0. The Morgan fingerprint density at radius 2 is 1.79 bits per heavy atom. The maximum atomic E-state index is 3.39. The Balaban J connectivity index is 2.32. The molecule has 0 fully saturated rings. The molecule has 1 N–H and O–H groups in total.